The van der Waals surface area contributed by atoms with Crippen LogP contribution in [0.25, 0.3) is 55.6 Å². The van der Waals surface area contributed by atoms with Crippen LogP contribution in [-0.4, -0.2) is 105 Å². The van der Waals surface area contributed by atoms with Crippen molar-refractivity contribution in [1.82, 2.24) is 5.32 Å². The first kappa shape index (κ1) is 89.7. The number of benzene rings is 12. The van der Waals surface area contributed by atoms with Crippen LogP contribution in [0.5, 0.6) is 28.7 Å². The van der Waals surface area contributed by atoms with Crippen LogP contribution in [0.1, 0.15) is 41.7 Å². The number of carbonyl (C=O) groups excluding carboxylic acids is 4. The predicted molar refractivity (Wildman–Crippen MR) is 463 cm³/mol. The number of fused-ring (bicyclic) bond motifs is 2. The molecule has 4 unspecified atom stereocenters. The van der Waals surface area contributed by atoms with E-state index in [0.29, 0.717) is 37.4 Å². The number of aliphatic carboxylic acids is 1. The number of nitrogens with zero attached hydrogens (tertiary/aromatic N) is 1. The number of aliphatic hydroxyl groups excluding tert-OH is 1. The molecule has 0 fully saturated rings. The summed E-state index contributed by atoms with van der Waals surface area (Å²) >= 11 is 3.13. The molecule has 2 heterocycles. The number of ketones is 1. The summed E-state index contributed by atoms with van der Waals surface area (Å²) in [5.74, 6) is 1.28. The van der Waals surface area contributed by atoms with E-state index in [1.807, 2.05) is 218 Å². The van der Waals surface area contributed by atoms with Gasteiger partial charge < -0.3 is 49.6 Å². The van der Waals surface area contributed by atoms with Crippen molar-refractivity contribution in [2.24, 2.45) is 4.99 Å². The summed E-state index contributed by atoms with van der Waals surface area (Å²) in [6.07, 6.45) is 8.36. The lowest BCUT2D eigenvalue weighted by molar-refractivity contribution is -0.231. The van der Waals surface area contributed by atoms with Crippen molar-refractivity contribution in [3.63, 3.8) is 0 Å². The van der Waals surface area contributed by atoms with Gasteiger partial charge in [0.1, 0.15) is 66.3 Å². The molecule has 6 N–H and O–H groups in total. The minimum atomic E-state index is -1.11. The molecule has 12 aromatic rings. The molecular formula is C98H95BrN2O15. The number of halogens is 1. The Hall–Kier alpha value is -13.5. The maximum atomic E-state index is 12.2. The number of Topliss-reactive ketones (excluding diaryl/α,β-unsaturated/α-hetero) is 1. The molecule has 0 saturated carbocycles. The lowest BCUT2D eigenvalue weighted by Gasteiger charge is -2.16. The van der Waals surface area contributed by atoms with Crippen LogP contribution in [0, 0.1) is 0 Å². The van der Waals surface area contributed by atoms with Crippen molar-refractivity contribution in [3.05, 3.63) is 381 Å². The Labute approximate surface area is 686 Å². The summed E-state index contributed by atoms with van der Waals surface area (Å²) in [4.78, 5) is 60.7. The topological polar surface area (TPSA) is 257 Å². The minimum absolute atomic E-state index is 0.0405. The molecule has 17 nitrogen and oxygen atoms in total. The molecular weight excluding hydrogens is 1520 g/mol. The third-order valence-electron chi connectivity index (χ3n) is 17.3. The third-order valence-corrected chi connectivity index (χ3v) is 17.8. The molecule has 14 rings (SSSR count). The van der Waals surface area contributed by atoms with Crippen molar-refractivity contribution in [1.29, 1.82) is 0 Å². The van der Waals surface area contributed by atoms with Gasteiger partial charge in [0.15, 0.2) is 5.78 Å². The molecule has 2 aliphatic rings. The van der Waals surface area contributed by atoms with Crippen molar-refractivity contribution in [2.45, 2.75) is 70.2 Å². The number of phenolic OH excluding ortho intramolecular Hbond substituents is 2. The summed E-state index contributed by atoms with van der Waals surface area (Å²) in [5.41, 5.74) is 16.6. The second kappa shape index (κ2) is 50.5. The highest BCUT2D eigenvalue weighted by Crippen LogP contribution is 2.35. The Morgan fingerprint density at radius 3 is 1.29 bits per heavy atom. The molecule has 1 amide bonds. The van der Waals surface area contributed by atoms with Gasteiger partial charge in [-0.3, -0.25) is 4.79 Å². The normalized spacial score (nSPS) is 12.4. The summed E-state index contributed by atoms with van der Waals surface area (Å²) in [6, 6.07) is 101. The number of nitrogens with one attached hydrogen (secondary N) is 1. The molecule has 0 bridgehead atoms. The molecule has 0 aromatic heterocycles. The van der Waals surface area contributed by atoms with Crippen molar-refractivity contribution in [3.8, 4) is 84.4 Å². The number of rotatable bonds is 22. The minimum Gasteiger partial charge on any atom is -0.508 e. The number of carboxylic acids is 1. The number of aliphatic imine (C=N–C) groups is 1. The van der Waals surface area contributed by atoms with Gasteiger partial charge in [0.05, 0.1) is 6.61 Å². The van der Waals surface area contributed by atoms with E-state index in [-0.39, 0.29) is 37.6 Å². The number of carbonyl (C=O) groups is 4. The highest BCUT2D eigenvalue weighted by Gasteiger charge is 2.27. The van der Waals surface area contributed by atoms with Crippen molar-refractivity contribution in [2.75, 3.05) is 25.2 Å². The number of aromatic hydroxyl groups is 2. The van der Waals surface area contributed by atoms with E-state index < -0.39 is 30.1 Å². The number of hydrogen-bond donors (Lipinski definition) is 6. The number of aliphatic hydroxyl groups is 1. The van der Waals surface area contributed by atoms with Gasteiger partial charge in [0, 0.05) is 37.9 Å². The lowest BCUT2D eigenvalue weighted by Crippen LogP contribution is -2.43. The molecule has 2 aliphatic heterocycles. The fourth-order valence-electron chi connectivity index (χ4n) is 11.6. The Kier molecular flexibility index (Phi) is 39.1. The van der Waals surface area contributed by atoms with E-state index in [0.717, 1.165) is 86.0 Å². The van der Waals surface area contributed by atoms with E-state index in [1.165, 1.54) is 46.4 Å². The molecule has 0 aliphatic carbocycles. The third kappa shape index (κ3) is 31.6. The molecule has 116 heavy (non-hydrogen) atoms. The number of isocyanates is 1. The molecule has 18 heteroatoms. The number of hydrogen-bond acceptors (Lipinski definition) is 15. The van der Waals surface area contributed by atoms with Gasteiger partial charge in [0.25, 0.3) is 0 Å². The Morgan fingerprint density at radius 1 is 0.517 bits per heavy atom. The van der Waals surface area contributed by atoms with Gasteiger partial charge in [0.2, 0.25) is 6.08 Å². The Balaban J connectivity index is 0.000000193. The molecule has 4 atom stereocenters. The van der Waals surface area contributed by atoms with E-state index in [1.54, 1.807) is 36.4 Å². The van der Waals surface area contributed by atoms with Gasteiger partial charge in [-0.1, -0.05) is 296 Å². The first-order valence-corrected chi connectivity index (χ1v) is 38.4. The van der Waals surface area contributed by atoms with E-state index >= 15 is 0 Å². The average Bonchev–Trinajstić information content (AvgIpc) is 1.67. The van der Waals surface area contributed by atoms with Crippen LogP contribution < -0.4 is 19.5 Å². The second-order valence-electron chi connectivity index (χ2n) is 25.9. The summed E-state index contributed by atoms with van der Waals surface area (Å²) in [7, 11) is 0. The zero-order chi connectivity index (χ0) is 83.1. The number of carboxylic acid groups (broad SMARTS) is 1. The maximum Gasteiger partial charge on any atom is 0.407 e. The van der Waals surface area contributed by atoms with E-state index in [9.17, 15) is 34.2 Å². The van der Waals surface area contributed by atoms with Crippen LogP contribution in [0.15, 0.2) is 358 Å². The molecule has 0 spiro atoms. The van der Waals surface area contributed by atoms with Crippen molar-refractivity contribution < 1.29 is 73.5 Å². The van der Waals surface area contributed by atoms with E-state index in [4.69, 9.17) is 34.4 Å². The smallest absolute Gasteiger partial charge is 0.407 e. The van der Waals surface area contributed by atoms with E-state index in [2.05, 4.69) is 130 Å². The molecule has 0 radical (unpaired) electrons. The maximum absolute atomic E-state index is 12.2. The van der Waals surface area contributed by atoms with Gasteiger partial charge >= 0.3 is 18.0 Å². The van der Waals surface area contributed by atoms with Gasteiger partial charge in [-0.25, -0.2) is 19.2 Å². The number of phenols is 2. The quantitative estimate of drug-likeness (QED) is 0.00921. The number of ether oxygens (including phenoxy) is 4. The monoisotopic (exact) mass is 1620 g/mol. The summed E-state index contributed by atoms with van der Waals surface area (Å²) in [5, 5.41) is 47.9. The molecule has 594 valence electrons. The van der Waals surface area contributed by atoms with Gasteiger partial charge in [-0.15, -0.1) is 13.2 Å². The first-order chi connectivity index (χ1) is 56.4. The summed E-state index contributed by atoms with van der Waals surface area (Å²) in [6.45, 7) is 13.9. The lowest BCUT2D eigenvalue weighted by atomic mass is 10.0. The largest absolute Gasteiger partial charge is 0.508 e. The van der Waals surface area contributed by atoms with Crippen LogP contribution in [0.3, 0.4) is 0 Å². The standard InChI is InChI=1S/C25H23NO5.C15H14O2.2C15H14O.C12H10O.C11H11NO2.C3H5Br.C2H4O3/c27-24(28)22(13-17-7-3-1-4-8-17)26-25(29)30-16-21-15-20-14-19(11-12-23(20)31-21)18-9-5-2-6-10-18;16-10-14-9-13-8-12(6-7-15(13)17-14)11-4-2-1-3-5-11;1-2-12-16-15-10-8-14(9-11-15)13-6-4-3-5-7-13;1-2-6-14-11-13(9-10-15(14)16)12-7-4-3-5-8-12;13-12-8-6-11(7-9-12)10-4-2-1-3-5-10;1-9(14)11(12-8-13)7-10-5-3-2-4-6-10;1-2-3-4;1-2(3)5-4/h1-12,14,21-22H,13,15-16H2,(H,26,29)(H,27,28);1-8,14,16H,9-10H2;2-11H,1,12H2;2-5,7-11,16H,1,6H2;1-9,13H;2-6,11H,7H2,1H3;2H,1,3H2;4H,1H3. The number of alkyl halides is 1. The first-order valence-electron chi connectivity index (χ1n) is 37.3. The van der Waals surface area contributed by atoms with Crippen LogP contribution in [0.2, 0.25) is 0 Å². The zero-order valence-corrected chi connectivity index (χ0v) is 66.3. The van der Waals surface area contributed by atoms with Crippen LogP contribution >= 0.6 is 15.9 Å². The Morgan fingerprint density at radius 2 is 0.897 bits per heavy atom. The second-order valence-corrected chi connectivity index (χ2v) is 26.6. The number of amides is 1. The van der Waals surface area contributed by atoms with Crippen molar-refractivity contribution >= 4 is 45.8 Å². The van der Waals surface area contributed by atoms with Crippen LogP contribution in [-0.2, 0) is 60.9 Å². The highest BCUT2D eigenvalue weighted by molar-refractivity contribution is 9.09. The summed E-state index contributed by atoms with van der Waals surface area (Å²) < 4.78 is 22.2. The average molecular weight is 1620 g/mol. The molecule has 0 saturated heterocycles. The van der Waals surface area contributed by atoms with Gasteiger partial charge in [-0.05, 0) is 157 Å². The number of allylic oxidation sites excluding steroid dienone is 2. The predicted octanol–water partition coefficient (Wildman–Crippen LogP) is 20.6. The Bertz CT molecular complexity index is 5000. The van der Waals surface area contributed by atoms with Gasteiger partial charge in [-0.2, -0.15) is 10.2 Å². The zero-order valence-electron chi connectivity index (χ0n) is 64.7. The molecule has 12 aromatic carbocycles. The number of alkyl carbamates (subject to hydrolysis) is 1. The van der Waals surface area contributed by atoms with Crippen LogP contribution in [0.4, 0.5) is 4.79 Å². The fourth-order valence-corrected chi connectivity index (χ4v) is 11.6. The fraction of sp³-hybridized carbons (Fsp3) is 0.153. The SMILES string of the molecule is C=CCBr.C=CCOc1ccc(-c2ccccc2)cc1.C=CCc1cc(-c2ccccc2)ccc1O.CC(=O)C(Cc1ccccc1)N=C=O.CC(=O)OO.O=C(NC(Cc1ccccc1)C(=O)O)OCC1Cc2cc(-c3ccccc3)ccc2O1.OCC1Cc2cc(-c3ccccc3)ccc2O1.Oc1ccc(-c2ccccc2)cc1. The highest BCUT2D eigenvalue weighted by atomic mass is 79.9.